The summed E-state index contributed by atoms with van der Waals surface area (Å²) in [5.41, 5.74) is 3.41. The van der Waals surface area contributed by atoms with E-state index in [2.05, 4.69) is 20.7 Å². The Balaban J connectivity index is 1.56. The summed E-state index contributed by atoms with van der Waals surface area (Å²) in [6.45, 7) is 0. The molecule has 0 saturated heterocycles. The molecule has 0 spiro atoms. The minimum absolute atomic E-state index is 0.200. The van der Waals surface area contributed by atoms with E-state index in [1.165, 1.54) is 11.8 Å². The Morgan fingerprint density at radius 1 is 1.36 bits per heavy atom. The lowest BCUT2D eigenvalue weighted by Gasteiger charge is -2.03. The fourth-order valence-electron chi connectivity index (χ4n) is 1.99. The first-order valence-corrected chi connectivity index (χ1v) is 9.51. The molecule has 1 N–H and O–H groups in total. The molecule has 2 aromatic heterocycles. The van der Waals surface area contributed by atoms with E-state index in [9.17, 15) is 4.79 Å². The maximum atomic E-state index is 11.9. The summed E-state index contributed by atoms with van der Waals surface area (Å²) in [6.07, 6.45) is 1.62. The van der Waals surface area contributed by atoms with Crippen molar-refractivity contribution in [1.82, 2.24) is 20.2 Å². The second-order valence-corrected chi connectivity index (χ2v) is 7.33. The molecular formula is C16H14ClN5OS2. The highest BCUT2D eigenvalue weighted by molar-refractivity contribution is 7.99. The van der Waals surface area contributed by atoms with Gasteiger partial charge in [0, 0.05) is 22.5 Å². The van der Waals surface area contributed by atoms with Crippen LogP contribution in [-0.2, 0) is 11.8 Å². The van der Waals surface area contributed by atoms with Gasteiger partial charge in [-0.1, -0.05) is 29.4 Å². The molecule has 0 atom stereocenters. The van der Waals surface area contributed by atoms with Gasteiger partial charge >= 0.3 is 0 Å². The third-order valence-corrected chi connectivity index (χ3v) is 5.27. The van der Waals surface area contributed by atoms with Crippen molar-refractivity contribution >= 4 is 46.8 Å². The van der Waals surface area contributed by atoms with Crippen molar-refractivity contribution in [2.75, 3.05) is 5.75 Å². The summed E-state index contributed by atoms with van der Waals surface area (Å²) < 4.78 is 1.84. The number of thioether (sulfide) groups is 1. The second kappa shape index (κ2) is 8.28. The summed E-state index contributed by atoms with van der Waals surface area (Å²) in [7, 11) is 1.86. The average molecular weight is 392 g/mol. The zero-order chi connectivity index (χ0) is 17.6. The minimum Gasteiger partial charge on any atom is -0.305 e. The number of rotatable bonds is 6. The number of carbonyl (C=O) groups is 1. The summed E-state index contributed by atoms with van der Waals surface area (Å²) in [5, 5.41) is 15.5. The van der Waals surface area contributed by atoms with E-state index in [1.54, 1.807) is 29.7 Å². The highest BCUT2D eigenvalue weighted by Gasteiger charge is 2.12. The van der Waals surface area contributed by atoms with E-state index in [0.29, 0.717) is 10.2 Å². The molecular weight excluding hydrogens is 378 g/mol. The smallest absolute Gasteiger partial charge is 0.250 e. The molecule has 0 radical (unpaired) electrons. The van der Waals surface area contributed by atoms with Gasteiger partial charge in [0.1, 0.15) is 0 Å². The van der Waals surface area contributed by atoms with Crippen molar-refractivity contribution in [2.45, 2.75) is 5.16 Å². The molecule has 0 aliphatic carbocycles. The molecule has 0 fully saturated rings. The van der Waals surface area contributed by atoms with E-state index < -0.39 is 0 Å². The van der Waals surface area contributed by atoms with Gasteiger partial charge in [0.05, 0.1) is 12.0 Å². The lowest BCUT2D eigenvalue weighted by Crippen LogP contribution is -2.19. The number of hydrazone groups is 1. The molecule has 9 heteroatoms. The maximum absolute atomic E-state index is 11.9. The van der Waals surface area contributed by atoms with Crippen LogP contribution in [0, 0.1) is 0 Å². The van der Waals surface area contributed by atoms with Crippen molar-refractivity contribution in [1.29, 1.82) is 0 Å². The fraction of sp³-hybridized carbons (Fsp3) is 0.125. The molecule has 2 heterocycles. The van der Waals surface area contributed by atoms with Crippen LogP contribution < -0.4 is 5.43 Å². The molecule has 3 rings (SSSR count). The zero-order valence-corrected chi connectivity index (χ0v) is 15.6. The number of carbonyl (C=O) groups excluding carboxylic acids is 1. The number of nitrogens with one attached hydrogen (secondary N) is 1. The quantitative estimate of drug-likeness (QED) is 0.397. The first kappa shape index (κ1) is 17.7. The maximum Gasteiger partial charge on any atom is 0.250 e. The topological polar surface area (TPSA) is 72.2 Å². The van der Waals surface area contributed by atoms with E-state index in [1.807, 2.05) is 41.3 Å². The predicted octanol–water partition coefficient (Wildman–Crippen LogP) is 3.44. The van der Waals surface area contributed by atoms with Crippen molar-refractivity contribution < 1.29 is 4.79 Å². The van der Waals surface area contributed by atoms with E-state index in [-0.39, 0.29) is 11.7 Å². The van der Waals surface area contributed by atoms with Gasteiger partial charge in [-0.2, -0.15) is 5.10 Å². The highest BCUT2D eigenvalue weighted by Crippen LogP contribution is 2.23. The molecule has 1 aromatic carbocycles. The monoisotopic (exact) mass is 391 g/mol. The summed E-state index contributed by atoms with van der Waals surface area (Å²) >= 11 is 8.76. The highest BCUT2D eigenvalue weighted by atomic mass is 35.5. The Hall–Kier alpha value is -2.16. The van der Waals surface area contributed by atoms with Crippen LogP contribution in [0.3, 0.4) is 0 Å². The molecule has 0 aliphatic rings. The number of aromatic nitrogens is 3. The number of hydrogen-bond acceptors (Lipinski definition) is 6. The largest absolute Gasteiger partial charge is 0.305 e. The lowest BCUT2D eigenvalue weighted by atomic mass is 10.2. The fourth-order valence-corrected chi connectivity index (χ4v) is 3.40. The molecule has 1 amide bonds. The van der Waals surface area contributed by atoms with Crippen molar-refractivity contribution in [3.63, 3.8) is 0 Å². The number of thiophene rings is 1. The van der Waals surface area contributed by atoms with Gasteiger partial charge in [-0.05, 0) is 35.7 Å². The van der Waals surface area contributed by atoms with Gasteiger partial charge in [0.25, 0.3) is 5.91 Å². The summed E-state index contributed by atoms with van der Waals surface area (Å²) in [5.74, 6) is 0.720. The first-order chi connectivity index (χ1) is 12.1. The van der Waals surface area contributed by atoms with Crippen LogP contribution in [0.4, 0.5) is 0 Å². The van der Waals surface area contributed by atoms with Crippen molar-refractivity contribution in [3.05, 3.63) is 51.7 Å². The Morgan fingerprint density at radius 3 is 2.88 bits per heavy atom. The molecule has 25 heavy (non-hydrogen) atoms. The Kier molecular flexibility index (Phi) is 5.85. The number of hydrogen-bond donors (Lipinski definition) is 1. The predicted molar refractivity (Wildman–Crippen MR) is 102 cm³/mol. The minimum atomic E-state index is -0.200. The molecule has 3 aromatic rings. The van der Waals surface area contributed by atoms with Gasteiger partial charge in [0.2, 0.25) is 0 Å². The van der Waals surface area contributed by atoms with Crippen LogP contribution in [0.5, 0.6) is 0 Å². The van der Waals surface area contributed by atoms with E-state index >= 15 is 0 Å². The summed E-state index contributed by atoms with van der Waals surface area (Å²) in [6, 6.07) is 11.2. The number of amides is 1. The van der Waals surface area contributed by atoms with Crippen molar-refractivity contribution in [2.24, 2.45) is 12.1 Å². The normalized spacial score (nSPS) is 11.1. The van der Waals surface area contributed by atoms with Gasteiger partial charge in [-0.3, -0.25) is 4.79 Å². The average Bonchev–Trinajstić information content (AvgIpc) is 3.24. The lowest BCUT2D eigenvalue weighted by molar-refractivity contribution is -0.118. The molecule has 0 bridgehead atoms. The number of benzene rings is 1. The Bertz CT molecular complexity index is 875. The van der Waals surface area contributed by atoms with Gasteiger partial charge < -0.3 is 4.57 Å². The number of halogens is 1. The molecule has 6 nitrogen and oxygen atoms in total. The van der Waals surface area contributed by atoms with Crippen LogP contribution in [0.2, 0.25) is 5.02 Å². The van der Waals surface area contributed by atoms with Crippen LogP contribution in [0.25, 0.3) is 11.4 Å². The van der Waals surface area contributed by atoms with Crippen LogP contribution >= 0.6 is 34.7 Å². The van der Waals surface area contributed by atoms with E-state index in [0.717, 1.165) is 16.3 Å². The standard InChI is InChI=1S/C16H14ClN5OS2/c1-22-15(11-4-6-12(17)7-5-11)20-21-16(22)25-10-14(23)19-18-9-13-3-2-8-24-13/h2-9H,10H2,1H3,(H,19,23)/b18-9+. The Labute approximate surface area is 157 Å². The summed E-state index contributed by atoms with van der Waals surface area (Å²) in [4.78, 5) is 12.8. The van der Waals surface area contributed by atoms with E-state index in [4.69, 9.17) is 11.6 Å². The SMILES string of the molecule is Cn1c(SCC(=O)N/N=C/c2cccs2)nnc1-c1ccc(Cl)cc1. The van der Waals surface area contributed by atoms with Crippen molar-refractivity contribution in [3.8, 4) is 11.4 Å². The van der Waals surface area contributed by atoms with Crippen LogP contribution in [0.15, 0.2) is 52.0 Å². The Morgan fingerprint density at radius 2 is 2.16 bits per heavy atom. The third kappa shape index (κ3) is 4.68. The second-order valence-electron chi connectivity index (χ2n) is 4.97. The third-order valence-electron chi connectivity index (χ3n) is 3.19. The number of nitrogens with zero attached hydrogens (tertiary/aromatic N) is 4. The van der Waals surface area contributed by atoms with Gasteiger partial charge in [-0.15, -0.1) is 21.5 Å². The van der Waals surface area contributed by atoms with Crippen LogP contribution in [0.1, 0.15) is 4.88 Å². The molecule has 0 unspecified atom stereocenters. The zero-order valence-electron chi connectivity index (χ0n) is 13.2. The van der Waals surface area contributed by atoms with Crippen LogP contribution in [-0.4, -0.2) is 32.6 Å². The van der Waals surface area contributed by atoms with Gasteiger partial charge in [-0.25, -0.2) is 5.43 Å². The molecule has 128 valence electrons. The molecule has 0 saturated carbocycles. The first-order valence-electron chi connectivity index (χ1n) is 7.27. The van der Waals surface area contributed by atoms with Gasteiger partial charge in [0.15, 0.2) is 11.0 Å². The molecule has 0 aliphatic heterocycles.